The highest BCUT2D eigenvalue weighted by Gasteiger charge is 2.25. The van der Waals surface area contributed by atoms with Crippen molar-refractivity contribution in [1.82, 2.24) is 10.2 Å². The molecule has 0 aromatic carbocycles. The van der Waals surface area contributed by atoms with E-state index in [1.807, 2.05) is 0 Å². The molecule has 5 heteroatoms. The Bertz CT molecular complexity index is 246. The monoisotopic (exact) mass is 216 g/mol. The van der Waals surface area contributed by atoms with Gasteiger partial charge in [0.2, 0.25) is 5.91 Å². The van der Waals surface area contributed by atoms with E-state index >= 15 is 0 Å². The van der Waals surface area contributed by atoms with Crippen LogP contribution in [0.3, 0.4) is 0 Å². The van der Waals surface area contributed by atoms with Crippen LogP contribution in [0.5, 0.6) is 0 Å². The van der Waals surface area contributed by atoms with Crippen LogP contribution in [-0.4, -0.2) is 42.6 Å². The highest BCUT2D eigenvalue weighted by atomic mass is 16.6. The van der Waals surface area contributed by atoms with Crippen LogP contribution in [-0.2, 0) is 9.53 Å². The fourth-order valence-electron chi connectivity index (χ4n) is 0.877. The fraction of sp³-hybridized carbons (Fsp3) is 0.800. The summed E-state index contributed by atoms with van der Waals surface area (Å²) in [7, 11) is 3.07. The van der Waals surface area contributed by atoms with Gasteiger partial charge in [-0.15, -0.1) is 0 Å². The zero-order chi connectivity index (χ0) is 12.2. The minimum atomic E-state index is -0.548. The van der Waals surface area contributed by atoms with E-state index in [9.17, 15) is 9.59 Å². The molecule has 1 atom stereocenters. The quantitative estimate of drug-likeness (QED) is 0.748. The molecule has 0 saturated heterocycles. The molecule has 0 aromatic rings. The molecule has 0 rings (SSSR count). The van der Waals surface area contributed by atoms with E-state index in [4.69, 9.17) is 4.74 Å². The second kappa shape index (κ2) is 5.00. The van der Waals surface area contributed by atoms with Crippen LogP contribution in [0.2, 0.25) is 0 Å². The van der Waals surface area contributed by atoms with Gasteiger partial charge in [0.25, 0.3) is 0 Å². The number of carbonyl (C=O) groups excluding carboxylic acids is 2. The number of hydrogen-bond donors (Lipinski definition) is 1. The summed E-state index contributed by atoms with van der Waals surface area (Å²) in [6.45, 7) is 6.98. The van der Waals surface area contributed by atoms with Gasteiger partial charge in [-0.2, -0.15) is 0 Å². The van der Waals surface area contributed by atoms with Gasteiger partial charge in [0, 0.05) is 14.1 Å². The van der Waals surface area contributed by atoms with Gasteiger partial charge in [0.05, 0.1) is 0 Å². The lowest BCUT2D eigenvalue weighted by molar-refractivity contribution is -0.124. The van der Waals surface area contributed by atoms with Gasteiger partial charge in [0.1, 0.15) is 11.6 Å². The molecule has 0 bridgehead atoms. The molecular formula is C10H20N2O3. The third-order valence-corrected chi connectivity index (χ3v) is 1.89. The van der Waals surface area contributed by atoms with Crippen LogP contribution < -0.4 is 5.32 Å². The molecule has 0 aliphatic rings. The predicted octanol–water partition coefficient (Wildman–Crippen LogP) is 0.988. The summed E-state index contributed by atoms with van der Waals surface area (Å²) in [4.78, 5) is 24.1. The minimum Gasteiger partial charge on any atom is -0.444 e. The van der Waals surface area contributed by atoms with Crippen LogP contribution in [0.1, 0.15) is 27.7 Å². The molecule has 0 heterocycles. The number of nitrogens with one attached hydrogen (secondary N) is 1. The Kier molecular flexibility index (Phi) is 4.58. The van der Waals surface area contributed by atoms with Gasteiger partial charge in [-0.25, -0.2) is 4.79 Å². The number of amides is 2. The van der Waals surface area contributed by atoms with Crippen molar-refractivity contribution in [2.45, 2.75) is 39.3 Å². The lowest BCUT2D eigenvalue weighted by Crippen LogP contribution is -2.46. The van der Waals surface area contributed by atoms with Crippen molar-refractivity contribution in [2.24, 2.45) is 0 Å². The van der Waals surface area contributed by atoms with E-state index in [-0.39, 0.29) is 5.91 Å². The molecule has 0 radical (unpaired) electrons. The van der Waals surface area contributed by atoms with Gasteiger partial charge in [-0.1, -0.05) is 0 Å². The van der Waals surface area contributed by atoms with Crippen LogP contribution in [0.4, 0.5) is 4.79 Å². The Balaban J connectivity index is 4.39. The molecule has 15 heavy (non-hydrogen) atoms. The SMILES string of the molecule is CNC(=O)[C@H](C)N(C)C(=O)OC(C)(C)C. The number of nitrogens with zero attached hydrogens (tertiary/aromatic N) is 1. The summed E-state index contributed by atoms with van der Waals surface area (Å²) in [6, 6.07) is -0.537. The molecule has 0 aliphatic carbocycles. The molecular weight excluding hydrogens is 196 g/mol. The summed E-state index contributed by atoms with van der Waals surface area (Å²) in [5, 5.41) is 2.47. The molecule has 5 nitrogen and oxygen atoms in total. The highest BCUT2D eigenvalue weighted by Crippen LogP contribution is 2.10. The zero-order valence-electron chi connectivity index (χ0n) is 10.2. The van der Waals surface area contributed by atoms with Crippen LogP contribution in [0, 0.1) is 0 Å². The molecule has 0 fully saturated rings. The van der Waals surface area contributed by atoms with Gasteiger partial charge in [0.15, 0.2) is 0 Å². The lowest BCUT2D eigenvalue weighted by Gasteiger charge is -2.27. The Morgan fingerprint density at radius 2 is 1.80 bits per heavy atom. The van der Waals surface area contributed by atoms with E-state index in [0.29, 0.717) is 0 Å². The van der Waals surface area contributed by atoms with Gasteiger partial charge in [-0.05, 0) is 27.7 Å². The first kappa shape index (κ1) is 13.7. The first-order valence-corrected chi connectivity index (χ1v) is 4.86. The summed E-state index contributed by atoms with van der Waals surface area (Å²) >= 11 is 0. The van der Waals surface area contributed by atoms with E-state index in [1.165, 1.54) is 19.0 Å². The summed E-state index contributed by atoms with van der Waals surface area (Å²) in [6.07, 6.45) is -0.501. The van der Waals surface area contributed by atoms with Gasteiger partial charge >= 0.3 is 6.09 Å². The Labute approximate surface area is 90.8 Å². The maximum absolute atomic E-state index is 11.5. The Morgan fingerprint density at radius 1 is 1.33 bits per heavy atom. The lowest BCUT2D eigenvalue weighted by atomic mass is 10.2. The van der Waals surface area contributed by atoms with E-state index < -0.39 is 17.7 Å². The molecule has 0 aliphatic heterocycles. The smallest absolute Gasteiger partial charge is 0.410 e. The largest absolute Gasteiger partial charge is 0.444 e. The zero-order valence-corrected chi connectivity index (χ0v) is 10.2. The first-order valence-electron chi connectivity index (χ1n) is 4.86. The summed E-state index contributed by atoms with van der Waals surface area (Å²) in [5.74, 6) is -0.219. The molecule has 0 saturated carbocycles. The number of rotatable bonds is 2. The van der Waals surface area contributed by atoms with Gasteiger partial charge in [-0.3, -0.25) is 9.69 Å². The number of carbonyl (C=O) groups is 2. The van der Waals surface area contributed by atoms with Crippen LogP contribution >= 0.6 is 0 Å². The molecule has 0 spiro atoms. The van der Waals surface area contributed by atoms with Gasteiger partial charge < -0.3 is 10.1 Å². The second-order valence-electron chi connectivity index (χ2n) is 4.38. The van der Waals surface area contributed by atoms with E-state index in [0.717, 1.165) is 0 Å². The standard InChI is InChI=1S/C10H20N2O3/c1-7(8(13)11-5)12(6)9(14)15-10(2,3)4/h7H,1-6H3,(H,11,13)/t7-/m0/s1. The molecule has 0 unspecified atom stereocenters. The third kappa shape index (κ3) is 4.67. The van der Waals surface area contributed by atoms with Crippen molar-refractivity contribution in [2.75, 3.05) is 14.1 Å². The van der Waals surface area contributed by atoms with E-state index in [1.54, 1.807) is 27.7 Å². The molecule has 0 aromatic heterocycles. The van der Waals surface area contributed by atoms with Crippen molar-refractivity contribution in [3.05, 3.63) is 0 Å². The third-order valence-electron chi connectivity index (χ3n) is 1.89. The van der Waals surface area contributed by atoms with Crippen molar-refractivity contribution < 1.29 is 14.3 Å². The molecule has 88 valence electrons. The first-order chi connectivity index (χ1) is 6.69. The topological polar surface area (TPSA) is 58.6 Å². The van der Waals surface area contributed by atoms with Crippen LogP contribution in [0.15, 0.2) is 0 Å². The number of hydrogen-bond acceptors (Lipinski definition) is 3. The maximum Gasteiger partial charge on any atom is 0.410 e. The maximum atomic E-state index is 11.5. The Hall–Kier alpha value is -1.26. The van der Waals surface area contributed by atoms with Crippen molar-refractivity contribution in [3.63, 3.8) is 0 Å². The fourth-order valence-corrected chi connectivity index (χ4v) is 0.877. The van der Waals surface area contributed by atoms with Crippen molar-refractivity contribution >= 4 is 12.0 Å². The highest BCUT2D eigenvalue weighted by molar-refractivity contribution is 5.84. The molecule has 1 N–H and O–H groups in total. The average molecular weight is 216 g/mol. The summed E-state index contributed by atoms with van der Waals surface area (Å²) in [5.41, 5.74) is -0.548. The summed E-state index contributed by atoms with van der Waals surface area (Å²) < 4.78 is 5.12. The predicted molar refractivity (Wildman–Crippen MR) is 57.5 cm³/mol. The molecule has 2 amide bonds. The van der Waals surface area contributed by atoms with Crippen molar-refractivity contribution in [3.8, 4) is 0 Å². The minimum absolute atomic E-state index is 0.219. The second-order valence-corrected chi connectivity index (χ2v) is 4.38. The normalized spacial score (nSPS) is 12.9. The van der Waals surface area contributed by atoms with E-state index in [2.05, 4.69) is 5.32 Å². The Morgan fingerprint density at radius 3 is 2.13 bits per heavy atom. The average Bonchev–Trinajstić information content (AvgIpc) is 2.11. The van der Waals surface area contributed by atoms with Crippen LogP contribution in [0.25, 0.3) is 0 Å². The number of ether oxygens (including phenoxy) is 1. The number of likely N-dealkylation sites (N-methyl/N-ethyl adjacent to an activating group) is 2. The van der Waals surface area contributed by atoms with Crippen molar-refractivity contribution in [1.29, 1.82) is 0 Å².